The third-order valence-corrected chi connectivity index (χ3v) is 6.52. The van der Waals surface area contributed by atoms with Crippen LogP contribution in [0, 0.1) is 0 Å². The molecule has 1 aromatic heterocycles. The van der Waals surface area contributed by atoms with E-state index in [4.69, 9.17) is 14.6 Å². The first-order chi connectivity index (χ1) is 15.6. The van der Waals surface area contributed by atoms with E-state index in [9.17, 15) is 4.79 Å². The second-order valence-corrected chi connectivity index (χ2v) is 9.35. The van der Waals surface area contributed by atoms with E-state index in [1.54, 1.807) is 0 Å². The molecule has 0 spiro atoms. The summed E-state index contributed by atoms with van der Waals surface area (Å²) in [5, 5.41) is 8.95. The zero-order valence-electron chi connectivity index (χ0n) is 18.1. The molecule has 168 valence electrons. The molecule has 2 aromatic carbocycles. The minimum absolute atomic E-state index is 0.0750. The van der Waals surface area contributed by atoms with E-state index in [0.717, 1.165) is 71.3 Å². The number of ether oxygens (including phenoxy) is 2. The maximum absolute atomic E-state index is 12.8. The van der Waals surface area contributed by atoms with Crippen LogP contribution in [0.5, 0.6) is 5.75 Å². The Labute approximate surface area is 195 Å². The fourth-order valence-electron chi connectivity index (χ4n) is 4.31. The van der Waals surface area contributed by atoms with E-state index in [0.29, 0.717) is 18.7 Å². The number of aromatic nitrogens is 2. The Balaban J connectivity index is 1.66. The Morgan fingerprint density at radius 2 is 2.00 bits per heavy atom. The van der Waals surface area contributed by atoms with Crippen LogP contribution in [0.3, 0.4) is 0 Å². The molecule has 2 aliphatic rings. The maximum atomic E-state index is 12.8. The molecule has 1 saturated heterocycles. The molecule has 1 N–H and O–H groups in total. The number of benzene rings is 2. The second kappa shape index (κ2) is 9.21. The molecule has 1 fully saturated rings. The predicted octanol–water partition coefficient (Wildman–Crippen LogP) is 4.22. The molecule has 0 saturated carbocycles. The van der Waals surface area contributed by atoms with Crippen molar-refractivity contribution in [1.29, 1.82) is 0 Å². The minimum Gasteiger partial charge on any atom is -0.492 e. The van der Waals surface area contributed by atoms with Crippen LogP contribution >= 0.6 is 15.9 Å². The Morgan fingerprint density at radius 1 is 1.09 bits per heavy atom. The predicted molar refractivity (Wildman–Crippen MR) is 127 cm³/mol. The van der Waals surface area contributed by atoms with Crippen LogP contribution in [0.25, 0.3) is 22.2 Å². The van der Waals surface area contributed by atoms with Crippen molar-refractivity contribution in [2.24, 2.45) is 0 Å². The van der Waals surface area contributed by atoms with E-state index in [2.05, 4.69) is 26.1 Å². The molecule has 0 radical (unpaired) electrons. The molecule has 1 atom stereocenters. The van der Waals surface area contributed by atoms with Gasteiger partial charge in [-0.05, 0) is 62.7 Å². The van der Waals surface area contributed by atoms with Crippen molar-refractivity contribution in [3.05, 3.63) is 46.4 Å². The van der Waals surface area contributed by atoms with E-state index in [1.807, 2.05) is 48.1 Å². The first-order valence-corrected chi connectivity index (χ1v) is 11.9. The molecule has 1 amide bonds. The van der Waals surface area contributed by atoms with E-state index < -0.39 is 0 Å². The molecule has 5 rings (SSSR count). The first-order valence-electron chi connectivity index (χ1n) is 11.1. The molecule has 32 heavy (non-hydrogen) atoms. The number of nitrogens with zero attached hydrogens (tertiary/aromatic N) is 3. The molecule has 8 heteroatoms. The molecular formula is C24H27BrN4O3. The Bertz CT molecular complexity index is 1140. The monoisotopic (exact) mass is 498 g/mol. The lowest BCUT2D eigenvalue weighted by molar-refractivity contribution is -0.0365. The third kappa shape index (κ3) is 4.40. The maximum Gasteiger partial charge on any atom is 0.251 e. The Hall–Kier alpha value is -2.42. The van der Waals surface area contributed by atoms with Crippen molar-refractivity contribution in [2.45, 2.75) is 25.5 Å². The van der Waals surface area contributed by atoms with Gasteiger partial charge in [0.1, 0.15) is 18.1 Å². The number of carbonyl (C=O) groups is 1. The van der Waals surface area contributed by atoms with Gasteiger partial charge in [0, 0.05) is 47.2 Å². The highest BCUT2D eigenvalue weighted by Gasteiger charge is 2.23. The normalized spacial score (nSPS) is 20.4. The number of halogens is 1. The minimum atomic E-state index is -0.0938. The van der Waals surface area contributed by atoms with Crippen LogP contribution in [0.1, 0.15) is 35.8 Å². The number of nitrogens with one attached hydrogen (secondary N) is 1. The van der Waals surface area contributed by atoms with Crippen LogP contribution in [0.15, 0.2) is 40.9 Å². The van der Waals surface area contributed by atoms with Gasteiger partial charge in [-0.3, -0.25) is 4.79 Å². The number of likely N-dealkylation sites (N-methyl/N-ethyl adjacent to an activating group) is 1. The van der Waals surface area contributed by atoms with Gasteiger partial charge in [-0.1, -0.05) is 15.9 Å². The summed E-state index contributed by atoms with van der Waals surface area (Å²) in [4.78, 5) is 15.0. The van der Waals surface area contributed by atoms with Crippen molar-refractivity contribution in [3.63, 3.8) is 0 Å². The fraction of sp³-hybridized carbons (Fsp3) is 0.417. The summed E-state index contributed by atoms with van der Waals surface area (Å²) >= 11 is 3.63. The largest absolute Gasteiger partial charge is 0.492 e. The van der Waals surface area contributed by atoms with Crippen LogP contribution in [0.2, 0.25) is 0 Å². The average Bonchev–Trinajstić information content (AvgIpc) is 3.17. The standard InChI is InChI=1S/C24H27BrN4O3/c1-28-8-7-26-24(30)16-5-6-21-20(14-16)23(27-29(21)22-4-2-3-10-32-22)17-12-18(25)15-19(13-17)31-11-9-28/h5-6,12-15,22H,2-4,7-11H2,1H3,(H,26,30). The van der Waals surface area contributed by atoms with Gasteiger partial charge in [0.05, 0.1) is 5.52 Å². The van der Waals surface area contributed by atoms with E-state index in [1.165, 1.54) is 0 Å². The summed E-state index contributed by atoms with van der Waals surface area (Å²) < 4.78 is 15.0. The van der Waals surface area contributed by atoms with Gasteiger partial charge >= 0.3 is 0 Å². The van der Waals surface area contributed by atoms with Gasteiger partial charge in [-0.2, -0.15) is 5.10 Å². The highest BCUT2D eigenvalue weighted by atomic mass is 79.9. The lowest BCUT2D eigenvalue weighted by Crippen LogP contribution is -2.34. The van der Waals surface area contributed by atoms with Crippen LogP contribution in [-0.4, -0.2) is 60.5 Å². The second-order valence-electron chi connectivity index (χ2n) is 8.43. The van der Waals surface area contributed by atoms with Gasteiger partial charge in [0.15, 0.2) is 6.23 Å². The zero-order chi connectivity index (χ0) is 22.1. The molecule has 1 unspecified atom stereocenters. The highest BCUT2D eigenvalue weighted by Crippen LogP contribution is 2.36. The van der Waals surface area contributed by atoms with Gasteiger partial charge in [-0.25, -0.2) is 4.68 Å². The van der Waals surface area contributed by atoms with Crippen molar-refractivity contribution in [2.75, 3.05) is 39.9 Å². The van der Waals surface area contributed by atoms with Gasteiger partial charge in [0.2, 0.25) is 0 Å². The molecule has 2 aliphatic heterocycles. The summed E-state index contributed by atoms with van der Waals surface area (Å²) in [6.07, 6.45) is 3.03. The van der Waals surface area contributed by atoms with Crippen LogP contribution in [0.4, 0.5) is 0 Å². The van der Waals surface area contributed by atoms with E-state index in [-0.39, 0.29) is 12.1 Å². The molecule has 3 aromatic rings. The molecule has 0 aliphatic carbocycles. The smallest absolute Gasteiger partial charge is 0.251 e. The molecule has 3 heterocycles. The molecule has 4 bridgehead atoms. The SMILES string of the molecule is CN1CCNC(=O)c2ccc3c(c2)c(nn3C2CCCCO2)-c2cc(Br)cc(c2)OCC1. The summed E-state index contributed by atoms with van der Waals surface area (Å²) in [6, 6.07) is 11.8. The zero-order valence-corrected chi connectivity index (χ0v) is 19.7. The van der Waals surface area contributed by atoms with Crippen molar-refractivity contribution in [3.8, 4) is 17.0 Å². The lowest BCUT2D eigenvalue weighted by atomic mass is 10.0. The highest BCUT2D eigenvalue weighted by molar-refractivity contribution is 9.10. The summed E-state index contributed by atoms with van der Waals surface area (Å²) in [6.45, 7) is 3.40. The quantitative estimate of drug-likeness (QED) is 0.543. The lowest BCUT2D eigenvalue weighted by Gasteiger charge is -2.23. The van der Waals surface area contributed by atoms with E-state index >= 15 is 0 Å². The number of hydrogen-bond acceptors (Lipinski definition) is 5. The number of carbonyl (C=O) groups excluding carboxylic acids is 1. The summed E-state index contributed by atoms with van der Waals surface area (Å²) in [5.74, 6) is 0.716. The van der Waals surface area contributed by atoms with Gasteiger partial charge in [-0.15, -0.1) is 0 Å². The molecular weight excluding hydrogens is 472 g/mol. The third-order valence-electron chi connectivity index (χ3n) is 6.06. The molecule has 7 nitrogen and oxygen atoms in total. The Morgan fingerprint density at radius 3 is 2.84 bits per heavy atom. The fourth-order valence-corrected chi connectivity index (χ4v) is 4.78. The van der Waals surface area contributed by atoms with Crippen LogP contribution in [-0.2, 0) is 4.74 Å². The topological polar surface area (TPSA) is 68.6 Å². The van der Waals surface area contributed by atoms with Gasteiger partial charge in [0.25, 0.3) is 5.91 Å². The van der Waals surface area contributed by atoms with Crippen molar-refractivity contribution >= 4 is 32.7 Å². The summed E-state index contributed by atoms with van der Waals surface area (Å²) in [7, 11) is 2.03. The number of amides is 1. The van der Waals surface area contributed by atoms with Gasteiger partial charge < -0.3 is 19.7 Å². The first kappa shape index (κ1) is 21.4. The summed E-state index contributed by atoms with van der Waals surface area (Å²) in [5.41, 5.74) is 3.36. The average molecular weight is 499 g/mol. The number of hydrogen-bond donors (Lipinski definition) is 1. The number of fused-ring (bicyclic) bond motifs is 4. The Kier molecular flexibility index (Phi) is 6.17. The van der Waals surface area contributed by atoms with Crippen molar-refractivity contribution in [1.82, 2.24) is 20.0 Å². The van der Waals surface area contributed by atoms with Crippen LogP contribution < -0.4 is 10.1 Å². The van der Waals surface area contributed by atoms with Crippen molar-refractivity contribution < 1.29 is 14.3 Å². The number of rotatable bonds is 1.